The van der Waals surface area contributed by atoms with Crippen LogP contribution in [-0.4, -0.2) is 5.60 Å². The van der Waals surface area contributed by atoms with Gasteiger partial charge in [-0.05, 0) is 87.0 Å². The van der Waals surface area contributed by atoms with Gasteiger partial charge in [0, 0.05) is 5.69 Å². The van der Waals surface area contributed by atoms with E-state index >= 15 is 0 Å². The standard InChI is InChI=1S/C28H49NO/c1-20(2)11-8-12-21(3)13-9-14-22(4)15-10-17-28(7)18-16-25-19-26(29)23(5)24(6)27(25)30-28/h19-22H,8-18,29H2,1-7H3. The van der Waals surface area contributed by atoms with Gasteiger partial charge in [0.1, 0.15) is 11.4 Å². The van der Waals surface area contributed by atoms with E-state index < -0.39 is 0 Å². The number of nitrogens with two attached hydrogens (primary N) is 1. The molecule has 2 heteroatoms. The van der Waals surface area contributed by atoms with Crippen LogP contribution in [0.3, 0.4) is 0 Å². The van der Waals surface area contributed by atoms with Gasteiger partial charge in [-0.25, -0.2) is 0 Å². The molecule has 2 nitrogen and oxygen atoms in total. The summed E-state index contributed by atoms with van der Waals surface area (Å²) in [5.41, 5.74) is 10.7. The molecule has 1 aliphatic rings. The third kappa shape index (κ3) is 7.50. The highest BCUT2D eigenvalue weighted by Crippen LogP contribution is 2.41. The van der Waals surface area contributed by atoms with Gasteiger partial charge in [0.25, 0.3) is 0 Å². The van der Waals surface area contributed by atoms with Crippen LogP contribution in [0.1, 0.15) is 116 Å². The SMILES string of the molecule is Cc1c(N)cc2c(c1C)OC(C)(CCCC(C)CCCC(C)CCCC(C)C)CC2. The maximum Gasteiger partial charge on any atom is 0.126 e. The summed E-state index contributed by atoms with van der Waals surface area (Å²) in [6.07, 6.45) is 14.3. The largest absolute Gasteiger partial charge is 0.487 e. The zero-order chi connectivity index (χ0) is 22.3. The van der Waals surface area contributed by atoms with E-state index in [1.165, 1.54) is 68.1 Å². The van der Waals surface area contributed by atoms with Gasteiger partial charge in [0.05, 0.1) is 0 Å². The first-order valence-corrected chi connectivity index (χ1v) is 12.7. The molecule has 2 rings (SSSR count). The van der Waals surface area contributed by atoms with Crippen molar-refractivity contribution in [1.82, 2.24) is 0 Å². The molecule has 1 heterocycles. The van der Waals surface area contributed by atoms with Crippen molar-refractivity contribution in [2.45, 2.75) is 125 Å². The lowest BCUT2D eigenvalue weighted by atomic mass is 9.85. The number of aryl methyl sites for hydroxylation is 1. The third-order valence-electron chi connectivity index (χ3n) is 7.50. The molecule has 0 radical (unpaired) electrons. The molecule has 0 saturated carbocycles. The van der Waals surface area contributed by atoms with Gasteiger partial charge in [0.2, 0.25) is 0 Å². The van der Waals surface area contributed by atoms with Crippen molar-refractivity contribution in [3.05, 3.63) is 22.8 Å². The number of fused-ring (bicyclic) bond motifs is 1. The van der Waals surface area contributed by atoms with E-state index in [1.807, 2.05) is 0 Å². The zero-order valence-electron chi connectivity index (χ0n) is 21.1. The Morgan fingerprint density at radius 2 is 1.47 bits per heavy atom. The molecule has 0 bridgehead atoms. The van der Waals surface area contributed by atoms with Gasteiger partial charge >= 0.3 is 0 Å². The van der Waals surface area contributed by atoms with E-state index in [2.05, 4.69) is 54.5 Å². The first-order valence-electron chi connectivity index (χ1n) is 12.7. The molecule has 1 aliphatic heterocycles. The molecule has 0 aliphatic carbocycles. The lowest BCUT2D eigenvalue weighted by Crippen LogP contribution is -2.36. The van der Waals surface area contributed by atoms with Crippen molar-refractivity contribution in [3.63, 3.8) is 0 Å². The number of hydrogen-bond acceptors (Lipinski definition) is 2. The van der Waals surface area contributed by atoms with E-state index in [0.717, 1.165) is 48.5 Å². The van der Waals surface area contributed by atoms with Crippen LogP contribution in [0.2, 0.25) is 0 Å². The fourth-order valence-corrected chi connectivity index (χ4v) is 4.99. The predicted octanol–water partition coefficient (Wildman–Crippen LogP) is 8.41. The number of hydrogen-bond donors (Lipinski definition) is 1. The highest BCUT2D eigenvalue weighted by atomic mass is 16.5. The Bertz CT molecular complexity index is 665. The molecule has 0 aromatic heterocycles. The van der Waals surface area contributed by atoms with Crippen molar-refractivity contribution in [2.24, 2.45) is 17.8 Å². The van der Waals surface area contributed by atoms with E-state index in [9.17, 15) is 0 Å². The van der Waals surface area contributed by atoms with Crippen molar-refractivity contribution < 1.29 is 4.74 Å². The van der Waals surface area contributed by atoms with Crippen LogP contribution in [-0.2, 0) is 6.42 Å². The fraction of sp³-hybridized carbons (Fsp3) is 0.786. The Hall–Kier alpha value is -1.18. The summed E-state index contributed by atoms with van der Waals surface area (Å²) in [4.78, 5) is 0. The predicted molar refractivity (Wildman–Crippen MR) is 132 cm³/mol. The maximum atomic E-state index is 6.58. The molecule has 172 valence electrons. The lowest BCUT2D eigenvalue weighted by molar-refractivity contribution is 0.0516. The second-order valence-corrected chi connectivity index (χ2v) is 11.1. The molecule has 3 atom stereocenters. The van der Waals surface area contributed by atoms with Crippen LogP contribution < -0.4 is 10.5 Å². The third-order valence-corrected chi connectivity index (χ3v) is 7.50. The summed E-state index contributed by atoms with van der Waals surface area (Å²) in [6, 6.07) is 2.13. The fourth-order valence-electron chi connectivity index (χ4n) is 4.99. The monoisotopic (exact) mass is 415 g/mol. The maximum absolute atomic E-state index is 6.58. The Morgan fingerprint density at radius 1 is 0.900 bits per heavy atom. The number of benzene rings is 1. The highest BCUT2D eigenvalue weighted by Gasteiger charge is 2.32. The van der Waals surface area contributed by atoms with Gasteiger partial charge in [-0.15, -0.1) is 0 Å². The summed E-state index contributed by atoms with van der Waals surface area (Å²) < 4.78 is 6.58. The molecule has 0 spiro atoms. The number of ether oxygens (including phenoxy) is 1. The summed E-state index contributed by atoms with van der Waals surface area (Å²) in [7, 11) is 0. The van der Waals surface area contributed by atoms with Crippen LogP contribution in [0.5, 0.6) is 5.75 Å². The Kier molecular flexibility index (Phi) is 9.57. The second kappa shape index (κ2) is 11.4. The minimum Gasteiger partial charge on any atom is -0.487 e. The van der Waals surface area contributed by atoms with E-state index in [4.69, 9.17) is 10.5 Å². The molecular formula is C28H49NO. The van der Waals surface area contributed by atoms with Crippen LogP contribution in [0, 0.1) is 31.6 Å². The summed E-state index contributed by atoms with van der Waals surface area (Å²) in [5, 5.41) is 0. The number of rotatable bonds is 12. The Morgan fingerprint density at radius 3 is 2.07 bits per heavy atom. The minimum absolute atomic E-state index is 0.0229. The first kappa shape index (κ1) is 25.1. The lowest BCUT2D eigenvalue weighted by Gasteiger charge is -2.37. The van der Waals surface area contributed by atoms with Crippen molar-refractivity contribution in [2.75, 3.05) is 5.73 Å². The highest BCUT2D eigenvalue weighted by molar-refractivity contribution is 5.60. The van der Waals surface area contributed by atoms with Gasteiger partial charge in [-0.2, -0.15) is 0 Å². The quantitative estimate of drug-likeness (QED) is 0.348. The van der Waals surface area contributed by atoms with Crippen LogP contribution >= 0.6 is 0 Å². The van der Waals surface area contributed by atoms with Gasteiger partial charge < -0.3 is 10.5 Å². The molecule has 0 fully saturated rings. The van der Waals surface area contributed by atoms with Crippen LogP contribution in [0.4, 0.5) is 5.69 Å². The van der Waals surface area contributed by atoms with E-state index in [-0.39, 0.29) is 5.60 Å². The molecule has 0 amide bonds. The topological polar surface area (TPSA) is 35.2 Å². The summed E-state index contributed by atoms with van der Waals surface area (Å²) in [6.45, 7) is 16.1. The van der Waals surface area contributed by atoms with Gasteiger partial charge in [-0.3, -0.25) is 0 Å². The molecule has 2 N–H and O–H groups in total. The van der Waals surface area contributed by atoms with Gasteiger partial charge in [-0.1, -0.05) is 72.6 Å². The molecule has 1 aromatic rings. The van der Waals surface area contributed by atoms with Crippen LogP contribution in [0.25, 0.3) is 0 Å². The van der Waals surface area contributed by atoms with Crippen molar-refractivity contribution >= 4 is 5.69 Å². The van der Waals surface area contributed by atoms with E-state index in [1.54, 1.807) is 0 Å². The number of nitrogen functional groups attached to an aromatic ring is 1. The van der Waals surface area contributed by atoms with E-state index in [0.29, 0.717) is 0 Å². The average molecular weight is 416 g/mol. The zero-order valence-corrected chi connectivity index (χ0v) is 21.1. The molecule has 3 unspecified atom stereocenters. The molecule has 1 aromatic carbocycles. The average Bonchev–Trinajstić information content (AvgIpc) is 2.67. The molecular weight excluding hydrogens is 366 g/mol. The Balaban J connectivity index is 1.69. The summed E-state index contributed by atoms with van der Waals surface area (Å²) in [5.74, 6) is 3.68. The first-order chi connectivity index (χ1) is 14.1. The molecule has 0 saturated heterocycles. The van der Waals surface area contributed by atoms with Crippen molar-refractivity contribution in [1.29, 1.82) is 0 Å². The molecule has 30 heavy (non-hydrogen) atoms. The summed E-state index contributed by atoms with van der Waals surface area (Å²) >= 11 is 0. The minimum atomic E-state index is -0.0229. The second-order valence-electron chi connectivity index (χ2n) is 11.1. The van der Waals surface area contributed by atoms with Gasteiger partial charge in [0.15, 0.2) is 0 Å². The smallest absolute Gasteiger partial charge is 0.126 e. The van der Waals surface area contributed by atoms with Crippen molar-refractivity contribution in [3.8, 4) is 5.75 Å². The van der Waals surface area contributed by atoms with Crippen LogP contribution in [0.15, 0.2) is 6.07 Å². The Labute approximate surface area is 187 Å². The number of anilines is 1. The normalized spacial score (nSPS) is 20.7.